The van der Waals surface area contributed by atoms with Crippen molar-refractivity contribution < 1.29 is 4.74 Å². The first kappa shape index (κ1) is 11.4. The van der Waals surface area contributed by atoms with Gasteiger partial charge in [0.15, 0.2) is 0 Å². The first-order chi connectivity index (χ1) is 6.47. The molecule has 0 amide bonds. The van der Waals surface area contributed by atoms with Crippen molar-refractivity contribution in [2.24, 2.45) is 5.41 Å². The van der Waals surface area contributed by atoms with Gasteiger partial charge in [0.25, 0.3) is 0 Å². The van der Waals surface area contributed by atoms with Crippen molar-refractivity contribution in [3.63, 3.8) is 0 Å². The molecule has 14 heavy (non-hydrogen) atoms. The Kier molecular flexibility index (Phi) is 3.83. The van der Waals surface area contributed by atoms with Gasteiger partial charge in [-0.15, -0.1) is 10.2 Å². The Balaban J connectivity index is 2.16. The highest BCUT2D eigenvalue weighted by Crippen LogP contribution is 2.18. The van der Waals surface area contributed by atoms with E-state index in [2.05, 4.69) is 31.0 Å². The van der Waals surface area contributed by atoms with E-state index in [1.54, 1.807) is 0 Å². The summed E-state index contributed by atoms with van der Waals surface area (Å²) in [6.45, 7) is 7.85. The lowest BCUT2D eigenvalue weighted by atomic mass is 9.93. The van der Waals surface area contributed by atoms with E-state index in [0.717, 1.165) is 18.0 Å². The van der Waals surface area contributed by atoms with Crippen LogP contribution in [0.3, 0.4) is 0 Å². The molecular formula is C9H17N3OS. The minimum absolute atomic E-state index is 0.320. The largest absolute Gasteiger partial charge is 0.374 e. The zero-order valence-electron chi connectivity index (χ0n) is 8.91. The van der Waals surface area contributed by atoms with Gasteiger partial charge in [-0.3, -0.25) is 0 Å². The fourth-order valence-corrected chi connectivity index (χ4v) is 1.41. The summed E-state index contributed by atoms with van der Waals surface area (Å²) >= 11 is 1.38. The van der Waals surface area contributed by atoms with Crippen molar-refractivity contribution in [3.8, 4) is 0 Å². The summed E-state index contributed by atoms with van der Waals surface area (Å²) in [7, 11) is 0. The van der Waals surface area contributed by atoms with Crippen molar-refractivity contribution >= 4 is 16.5 Å². The van der Waals surface area contributed by atoms with Crippen molar-refractivity contribution in [3.05, 3.63) is 5.01 Å². The fraction of sp³-hybridized carbons (Fsp3) is 0.778. The number of nitrogens with two attached hydrogens (primary N) is 1. The molecule has 1 aromatic heterocycles. The lowest BCUT2D eigenvalue weighted by Gasteiger charge is -2.17. The van der Waals surface area contributed by atoms with Crippen molar-refractivity contribution in [1.29, 1.82) is 0 Å². The van der Waals surface area contributed by atoms with E-state index in [1.165, 1.54) is 11.3 Å². The molecule has 1 heterocycles. The van der Waals surface area contributed by atoms with Crippen LogP contribution >= 0.6 is 11.3 Å². The van der Waals surface area contributed by atoms with E-state index >= 15 is 0 Å². The predicted molar refractivity (Wildman–Crippen MR) is 58.0 cm³/mol. The highest BCUT2D eigenvalue weighted by molar-refractivity contribution is 7.15. The number of nitrogens with zero attached hydrogens (tertiary/aromatic N) is 2. The van der Waals surface area contributed by atoms with Gasteiger partial charge >= 0.3 is 0 Å². The van der Waals surface area contributed by atoms with Crippen LogP contribution in [0, 0.1) is 5.41 Å². The molecule has 0 aliphatic heterocycles. The van der Waals surface area contributed by atoms with E-state index < -0.39 is 0 Å². The third-order valence-corrected chi connectivity index (χ3v) is 2.43. The molecule has 4 nitrogen and oxygen atoms in total. The average molecular weight is 215 g/mol. The third-order valence-electron chi connectivity index (χ3n) is 1.70. The summed E-state index contributed by atoms with van der Waals surface area (Å²) in [5.41, 5.74) is 5.76. The summed E-state index contributed by atoms with van der Waals surface area (Å²) in [5, 5.41) is 8.92. The average Bonchev–Trinajstić information content (AvgIpc) is 2.44. The zero-order chi connectivity index (χ0) is 10.6. The van der Waals surface area contributed by atoms with Crippen LogP contribution in [0.2, 0.25) is 0 Å². The number of hydrogen-bond donors (Lipinski definition) is 1. The Labute approximate surface area is 88.5 Å². The van der Waals surface area contributed by atoms with Gasteiger partial charge in [0.05, 0.1) is 0 Å². The Morgan fingerprint density at radius 2 is 2.07 bits per heavy atom. The highest BCUT2D eigenvalue weighted by atomic mass is 32.1. The summed E-state index contributed by atoms with van der Waals surface area (Å²) in [6, 6.07) is 0. The Bertz CT molecular complexity index is 280. The van der Waals surface area contributed by atoms with Gasteiger partial charge in [-0.1, -0.05) is 32.1 Å². The van der Waals surface area contributed by atoms with Gasteiger partial charge in [0.2, 0.25) is 5.13 Å². The number of rotatable bonds is 4. The quantitative estimate of drug-likeness (QED) is 0.781. The van der Waals surface area contributed by atoms with Crippen LogP contribution in [0.4, 0.5) is 5.13 Å². The van der Waals surface area contributed by atoms with Gasteiger partial charge in [0.1, 0.15) is 11.6 Å². The number of nitrogen functional groups attached to an aromatic ring is 1. The Hall–Kier alpha value is -0.680. The maximum atomic E-state index is 5.46. The predicted octanol–water partition coefficient (Wildman–Crippen LogP) is 2.07. The first-order valence-corrected chi connectivity index (χ1v) is 5.45. The summed E-state index contributed by atoms with van der Waals surface area (Å²) in [6.07, 6.45) is 1.04. The van der Waals surface area contributed by atoms with Crippen molar-refractivity contribution in [1.82, 2.24) is 10.2 Å². The summed E-state index contributed by atoms with van der Waals surface area (Å²) < 4.78 is 5.46. The van der Waals surface area contributed by atoms with Crippen LogP contribution in [0.5, 0.6) is 0 Å². The molecule has 1 aromatic rings. The van der Waals surface area contributed by atoms with E-state index in [4.69, 9.17) is 10.5 Å². The van der Waals surface area contributed by atoms with E-state index in [1.807, 2.05) is 0 Å². The molecule has 0 aliphatic carbocycles. The normalized spacial score (nSPS) is 11.9. The van der Waals surface area contributed by atoms with Crippen LogP contribution in [-0.2, 0) is 11.3 Å². The Morgan fingerprint density at radius 3 is 2.57 bits per heavy atom. The maximum Gasteiger partial charge on any atom is 0.203 e. The van der Waals surface area contributed by atoms with Crippen LogP contribution in [0.25, 0.3) is 0 Å². The molecule has 2 N–H and O–H groups in total. The minimum atomic E-state index is 0.320. The van der Waals surface area contributed by atoms with Crippen LogP contribution < -0.4 is 5.73 Å². The fourth-order valence-electron chi connectivity index (χ4n) is 0.863. The molecule has 0 atom stereocenters. The van der Waals surface area contributed by atoms with Gasteiger partial charge in [-0.25, -0.2) is 0 Å². The van der Waals surface area contributed by atoms with Crippen LogP contribution in [0.1, 0.15) is 32.2 Å². The van der Waals surface area contributed by atoms with E-state index in [0.29, 0.717) is 17.2 Å². The van der Waals surface area contributed by atoms with Gasteiger partial charge in [-0.05, 0) is 11.8 Å². The van der Waals surface area contributed by atoms with E-state index in [-0.39, 0.29) is 0 Å². The zero-order valence-corrected chi connectivity index (χ0v) is 9.73. The Morgan fingerprint density at radius 1 is 1.36 bits per heavy atom. The smallest absolute Gasteiger partial charge is 0.203 e. The monoisotopic (exact) mass is 215 g/mol. The SMILES string of the molecule is CC(C)(C)CCOCc1nnc(N)s1. The molecule has 0 aromatic carbocycles. The summed E-state index contributed by atoms with van der Waals surface area (Å²) in [5.74, 6) is 0. The molecule has 0 aliphatic rings. The van der Waals surface area contributed by atoms with Crippen LogP contribution in [-0.4, -0.2) is 16.8 Å². The molecule has 0 radical (unpaired) electrons. The molecule has 0 unspecified atom stereocenters. The lowest BCUT2D eigenvalue weighted by molar-refractivity contribution is 0.0957. The van der Waals surface area contributed by atoms with Crippen LogP contribution in [0.15, 0.2) is 0 Å². The molecule has 0 fully saturated rings. The molecular weight excluding hydrogens is 198 g/mol. The molecule has 0 bridgehead atoms. The molecule has 0 saturated carbocycles. The standard InChI is InChI=1S/C9H17N3OS/c1-9(2,3)4-5-13-6-7-11-12-8(10)14-7/h4-6H2,1-3H3,(H2,10,12). The second kappa shape index (κ2) is 4.70. The second-order valence-corrected chi connectivity index (χ2v) is 5.49. The molecule has 80 valence electrons. The minimum Gasteiger partial charge on any atom is -0.374 e. The van der Waals surface area contributed by atoms with Gasteiger partial charge < -0.3 is 10.5 Å². The molecule has 0 spiro atoms. The maximum absolute atomic E-state index is 5.46. The van der Waals surface area contributed by atoms with Gasteiger partial charge in [0, 0.05) is 6.61 Å². The first-order valence-electron chi connectivity index (χ1n) is 4.63. The highest BCUT2D eigenvalue weighted by Gasteiger charge is 2.09. The second-order valence-electron chi connectivity index (χ2n) is 4.40. The number of aromatic nitrogens is 2. The molecule has 0 saturated heterocycles. The lowest BCUT2D eigenvalue weighted by Crippen LogP contribution is -2.09. The molecule has 1 rings (SSSR count). The van der Waals surface area contributed by atoms with Crippen molar-refractivity contribution in [2.45, 2.75) is 33.8 Å². The topological polar surface area (TPSA) is 61.0 Å². The number of anilines is 1. The van der Waals surface area contributed by atoms with E-state index in [9.17, 15) is 0 Å². The summed E-state index contributed by atoms with van der Waals surface area (Å²) in [4.78, 5) is 0. The van der Waals surface area contributed by atoms with Gasteiger partial charge in [-0.2, -0.15) is 0 Å². The number of hydrogen-bond acceptors (Lipinski definition) is 5. The third kappa shape index (κ3) is 4.53. The molecule has 5 heteroatoms. The van der Waals surface area contributed by atoms with Crippen molar-refractivity contribution in [2.75, 3.05) is 12.3 Å². The number of ether oxygens (including phenoxy) is 1.